The molecule has 0 atom stereocenters. The first-order valence-electron chi connectivity index (χ1n) is 11.1. The monoisotopic (exact) mass is 564 g/mol. The first-order chi connectivity index (χ1) is 17.4. The number of carbonyl (C=O) groups excluding carboxylic acids is 1. The van der Waals surface area contributed by atoms with Gasteiger partial charge in [0.2, 0.25) is 0 Å². The number of nitrogens with two attached hydrogens (primary N) is 1. The van der Waals surface area contributed by atoms with Crippen LogP contribution in [0.5, 0.6) is 0 Å². The van der Waals surface area contributed by atoms with Gasteiger partial charge in [0.25, 0.3) is 20.2 Å². The molecule has 3 rings (SSSR count). The van der Waals surface area contributed by atoms with E-state index in [1.807, 2.05) is 0 Å². The van der Waals surface area contributed by atoms with Crippen LogP contribution in [-0.4, -0.2) is 36.9 Å². The molecule has 1 heterocycles. The van der Waals surface area contributed by atoms with E-state index >= 15 is 0 Å². The average Bonchev–Trinajstić information content (AvgIpc) is 2.79. The fraction of sp³-hybridized carbons (Fsp3) is 0.250. The summed E-state index contributed by atoms with van der Waals surface area (Å²) in [6.07, 6.45) is 0. The van der Waals surface area contributed by atoms with Crippen molar-refractivity contribution in [3.63, 3.8) is 0 Å². The topological polar surface area (TPSA) is 198 Å². The molecule has 14 heteroatoms. The molecule has 3 aromatic rings. The number of carbonyl (C=O) groups is 1. The predicted molar refractivity (Wildman–Crippen MR) is 141 cm³/mol. The van der Waals surface area contributed by atoms with Crippen molar-refractivity contribution in [3.05, 3.63) is 63.2 Å². The Morgan fingerprint density at radius 2 is 1.11 bits per heavy atom. The smallest absolute Gasteiger partial charge is 0.360 e. The van der Waals surface area contributed by atoms with Crippen molar-refractivity contribution in [2.45, 2.75) is 51.3 Å². The Morgan fingerprint density at radius 3 is 1.45 bits per heavy atom. The number of nitrogens with one attached hydrogen (secondary N) is 2. The second kappa shape index (κ2) is 10.3. The van der Waals surface area contributed by atoms with E-state index in [1.54, 1.807) is 41.5 Å². The van der Waals surface area contributed by atoms with Crippen molar-refractivity contribution >= 4 is 49.2 Å². The highest BCUT2D eigenvalue weighted by Crippen LogP contribution is 2.35. The summed E-state index contributed by atoms with van der Waals surface area (Å²) < 4.78 is 65.3. The van der Waals surface area contributed by atoms with Crippen LogP contribution in [-0.2, 0) is 25.1 Å². The van der Waals surface area contributed by atoms with Gasteiger partial charge >= 0.3 is 5.97 Å². The molecule has 1 aromatic heterocycles. The van der Waals surface area contributed by atoms with Gasteiger partial charge in [-0.2, -0.15) is 22.7 Å². The van der Waals surface area contributed by atoms with Crippen molar-refractivity contribution in [2.75, 3.05) is 10.6 Å². The molecule has 12 nitrogen and oxygen atoms in total. The van der Waals surface area contributed by atoms with Gasteiger partial charge < -0.3 is 15.5 Å². The van der Waals surface area contributed by atoms with Crippen molar-refractivity contribution in [1.82, 2.24) is 4.98 Å². The summed E-state index contributed by atoms with van der Waals surface area (Å²) in [6, 6.07) is 5.18. The van der Waals surface area contributed by atoms with Crippen LogP contribution < -0.4 is 16.5 Å². The van der Waals surface area contributed by atoms with Crippen LogP contribution in [0.1, 0.15) is 43.7 Å². The normalized spacial score (nSPS) is 11.8. The van der Waals surface area contributed by atoms with E-state index in [-0.39, 0.29) is 21.2 Å². The quantitative estimate of drug-likeness (QED) is 0.205. The SMILES string of the molecule is Cc1cc(S(=O)(=O)O)cc(C)c1Nc1nc(Nc2c(C)cc(S(=O)(=O)O)cc2C)c(C(=O)ON)c(C)c1C. The lowest BCUT2D eigenvalue weighted by Crippen LogP contribution is -2.17. The molecule has 0 aliphatic heterocycles. The fourth-order valence-corrected chi connectivity index (χ4v) is 5.39. The average molecular weight is 565 g/mol. The molecular weight excluding hydrogens is 536 g/mol. The third kappa shape index (κ3) is 5.79. The number of nitrogens with zero attached hydrogens (tertiary/aromatic N) is 1. The van der Waals surface area contributed by atoms with Gasteiger partial charge in [0.15, 0.2) is 0 Å². The van der Waals surface area contributed by atoms with Gasteiger partial charge in [0.1, 0.15) is 17.2 Å². The van der Waals surface area contributed by atoms with E-state index in [9.17, 15) is 30.7 Å². The van der Waals surface area contributed by atoms with Gasteiger partial charge in [-0.3, -0.25) is 9.11 Å². The molecule has 0 fully saturated rings. The van der Waals surface area contributed by atoms with E-state index in [4.69, 9.17) is 5.90 Å². The summed E-state index contributed by atoms with van der Waals surface area (Å²) in [7, 11) is -8.84. The second-order valence-corrected chi connectivity index (χ2v) is 11.7. The number of hydrogen-bond donors (Lipinski definition) is 5. The molecule has 6 N–H and O–H groups in total. The molecule has 0 saturated heterocycles. The third-order valence-corrected chi connectivity index (χ3v) is 7.82. The van der Waals surface area contributed by atoms with Crippen molar-refractivity contribution in [2.24, 2.45) is 5.90 Å². The Labute approximate surface area is 220 Å². The van der Waals surface area contributed by atoms with Gasteiger partial charge in [0.05, 0.1) is 9.79 Å². The zero-order valence-corrected chi connectivity index (χ0v) is 23.1. The number of benzene rings is 2. The van der Waals surface area contributed by atoms with Gasteiger partial charge in [-0.15, -0.1) is 0 Å². The number of aromatic nitrogens is 1. The van der Waals surface area contributed by atoms with Crippen LogP contribution in [0, 0.1) is 41.5 Å². The van der Waals surface area contributed by atoms with Crippen molar-refractivity contribution in [1.29, 1.82) is 0 Å². The maximum absolute atomic E-state index is 12.6. The maximum atomic E-state index is 12.6. The zero-order valence-electron chi connectivity index (χ0n) is 21.5. The summed E-state index contributed by atoms with van der Waals surface area (Å²) in [5.74, 6) is 4.70. The van der Waals surface area contributed by atoms with E-state index in [1.165, 1.54) is 24.3 Å². The van der Waals surface area contributed by atoms with Gasteiger partial charge in [-0.05, 0) is 99.2 Å². The Hall–Kier alpha value is -3.56. The molecule has 0 amide bonds. The molecule has 0 bridgehead atoms. The van der Waals surface area contributed by atoms with Crippen molar-refractivity contribution in [3.8, 4) is 0 Å². The standard InChI is InChI=1S/C24H28N4O8S2/c1-11-7-17(37(30,31)32)8-12(2)20(11)26-22-16(6)15(5)19(24(29)36-25)23(28-22)27-21-13(3)9-18(10-14(21)4)38(33,34)35/h7-10H,25H2,1-6H3,(H2,26,27,28)(H,30,31,32)(H,33,34,35). The number of rotatable bonds is 7. The number of aryl methyl sites for hydroxylation is 4. The predicted octanol–water partition coefficient (Wildman–Crippen LogP) is 3.94. The Morgan fingerprint density at radius 1 is 0.737 bits per heavy atom. The van der Waals surface area contributed by atoms with Crippen LogP contribution in [0.15, 0.2) is 34.1 Å². The number of pyridine rings is 1. The van der Waals surface area contributed by atoms with Gasteiger partial charge in [-0.25, -0.2) is 9.78 Å². The summed E-state index contributed by atoms with van der Waals surface area (Å²) in [6.45, 7) is 9.95. The van der Waals surface area contributed by atoms with E-state index in [0.717, 1.165) is 0 Å². The molecule has 0 unspecified atom stereocenters. The molecule has 0 spiro atoms. The molecule has 0 saturated carbocycles. The van der Waals surface area contributed by atoms with E-state index in [0.29, 0.717) is 50.6 Å². The minimum absolute atomic E-state index is 0.0448. The highest BCUT2D eigenvalue weighted by molar-refractivity contribution is 7.86. The molecule has 2 aromatic carbocycles. The summed E-state index contributed by atoms with van der Waals surface area (Å²) >= 11 is 0. The van der Waals surface area contributed by atoms with Crippen LogP contribution in [0.2, 0.25) is 0 Å². The van der Waals surface area contributed by atoms with Gasteiger partial charge in [-0.1, -0.05) is 0 Å². The van der Waals surface area contributed by atoms with Gasteiger partial charge in [0, 0.05) is 11.4 Å². The third-order valence-electron chi connectivity index (χ3n) is 6.16. The molecule has 0 radical (unpaired) electrons. The second-order valence-electron chi connectivity index (χ2n) is 8.90. The van der Waals surface area contributed by atoms with E-state index in [2.05, 4.69) is 20.5 Å². The lowest BCUT2D eigenvalue weighted by atomic mass is 10.0. The molecular formula is C24H28N4O8S2. The minimum atomic E-state index is -4.43. The molecule has 0 aliphatic rings. The van der Waals surface area contributed by atoms with Crippen LogP contribution in [0.3, 0.4) is 0 Å². The van der Waals surface area contributed by atoms with E-state index < -0.39 is 26.2 Å². The first kappa shape index (κ1) is 29.0. The molecule has 38 heavy (non-hydrogen) atoms. The van der Waals surface area contributed by atoms with Crippen LogP contribution >= 0.6 is 0 Å². The highest BCUT2D eigenvalue weighted by atomic mass is 32.2. The Bertz CT molecular complexity index is 1640. The van der Waals surface area contributed by atoms with Crippen molar-refractivity contribution < 1.29 is 35.6 Å². The Balaban J connectivity index is 2.19. The summed E-state index contributed by atoms with van der Waals surface area (Å²) in [5.41, 5.74) is 4.01. The minimum Gasteiger partial charge on any atom is -0.370 e. The Kier molecular flexibility index (Phi) is 7.86. The van der Waals surface area contributed by atoms with Crippen LogP contribution in [0.4, 0.5) is 23.0 Å². The maximum Gasteiger partial charge on any atom is 0.360 e. The van der Waals surface area contributed by atoms with Crippen LogP contribution in [0.25, 0.3) is 0 Å². The fourth-order valence-electron chi connectivity index (χ4n) is 4.09. The lowest BCUT2D eigenvalue weighted by molar-refractivity contribution is 0.0503. The highest BCUT2D eigenvalue weighted by Gasteiger charge is 2.24. The summed E-state index contributed by atoms with van der Waals surface area (Å²) in [4.78, 5) is 21.2. The first-order valence-corrected chi connectivity index (χ1v) is 14.0. The molecule has 204 valence electrons. The largest absolute Gasteiger partial charge is 0.370 e. The molecule has 0 aliphatic carbocycles. The number of hydrogen-bond acceptors (Lipinski definition) is 10. The lowest BCUT2D eigenvalue weighted by Gasteiger charge is -2.21. The zero-order chi connectivity index (χ0) is 28.7. The summed E-state index contributed by atoms with van der Waals surface area (Å²) in [5, 5.41) is 6.23. The number of anilines is 4.